The zero-order valence-corrected chi connectivity index (χ0v) is 24.5. The number of primary amides is 1. The summed E-state index contributed by atoms with van der Waals surface area (Å²) in [6, 6.07) is 19.9. The molecule has 0 bridgehead atoms. The molecule has 0 aliphatic rings. The van der Waals surface area contributed by atoms with Crippen LogP contribution in [0.1, 0.15) is 23.6 Å². The molecule has 6 aromatic rings. The van der Waals surface area contributed by atoms with E-state index in [-0.39, 0.29) is 18.7 Å². The third-order valence-electron chi connectivity index (χ3n) is 7.23. The molecule has 224 valence electrons. The average molecular weight is 616 g/mol. The first-order chi connectivity index (χ1) is 20.9. The van der Waals surface area contributed by atoms with Crippen molar-refractivity contribution < 1.29 is 22.0 Å². The number of hydrogen-bond donors (Lipinski definition) is 3. The highest BCUT2D eigenvalue weighted by atomic mass is 32.2. The number of nitrogens with zero attached hydrogens (tertiary/aromatic N) is 4. The molecule has 6 rings (SSSR count). The zero-order valence-electron chi connectivity index (χ0n) is 23.7. The minimum atomic E-state index is -3.63. The minimum Gasteiger partial charge on any atom is -0.370 e. The van der Waals surface area contributed by atoms with Crippen molar-refractivity contribution >= 4 is 43.8 Å². The van der Waals surface area contributed by atoms with Gasteiger partial charge in [0.2, 0.25) is 15.9 Å². The van der Waals surface area contributed by atoms with Crippen molar-refractivity contribution in [2.75, 3.05) is 11.0 Å². The number of nitrogens with two attached hydrogens (primary N) is 1. The molecule has 0 aliphatic heterocycles. The van der Waals surface area contributed by atoms with Gasteiger partial charge in [-0.2, -0.15) is 5.10 Å². The first kappa shape index (κ1) is 28.9. The second-order valence-corrected chi connectivity index (χ2v) is 12.4. The molecule has 0 radical (unpaired) electrons. The molecule has 44 heavy (non-hydrogen) atoms. The van der Waals surface area contributed by atoms with Crippen LogP contribution in [0.2, 0.25) is 0 Å². The summed E-state index contributed by atoms with van der Waals surface area (Å²) in [6.07, 6.45) is 0.933. The number of carbonyl (C=O) groups excluding carboxylic acids is 1. The summed E-state index contributed by atoms with van der Waals surface area (Å²) in [5.41, 5.74) is 10.1. The molecule has 3 heterocycles. The van der Waals surface area contributed by atoms with Crippen molar-refractivity contribution in [3.05, 3.63) is 95.7 Å². The summed E-state index contributed by atoms with van der Waals surface area (Å²) in [6.45, 7) is 0. The molecule has 1 atom stereocenters. The number of pyridine rings is 1. The number of aryl methyl sites for hydroxylation is 1. The van der Waals surface area contributed by atoms with Gasteiger partial charge >= 0.3 is 0 Å². The molecular weight excluding hydrogens is 588 g/mol. The van der Waals surface area contributed by atoms with Gasteiger partial charge in [0.15, 0.2) is 11.5 Å². The van der Waals surface area contributed by atoms with Crippen LogP contribution in [-0.2, 0) is 28.3 Å². The van der Waals surface area contributed by atoms with Crippen LogP contribution in [0.4, 0.5) is 14.6 Å². The monoisotopic (exact) mass is 615 g/mol. The van der Waals surface area contributed by atoms with Gasteiger partial charge in [0.1, 0.15) is 17.5 Å². The fourth-order valence-corrected chi connectivity index (χ4v) is 6.04. The molecular formula is C31H27F2N7O3S. The lowest BCUT2D eigenvalue weighted by molar-refractivity contribution is -0.118. The molecule has 0 aliphatic carbocycles. The molecule has 4 N–H and O–H groups in total. The number of carbonyl (C=O) groups is 1. The maximum Gasteiger partial charge on any atom is 0.231 e. The zero-order chi connectivity index (χ0) is 31.2. The van der Waals surface area contributed by atoms with E-state index >= 15 is 0 Å². The number of amides is 1. The van der Waals surface area contributed by atoms with Crippen molar-refractivity contribution in [3.63, 3.8) is 0 Å². The Bertz CT molecular complexity index is 2140. The highest BCUT2D eigenvalue weighted by Crippen LogP contribution is 2.39. The van der Waals surface area contributed by atoms with Crippen LogP contribution in [0, 0.1) is 11.6 Å². The third-order valence-corrected chi connectivity index (χ3v) is 7.79. The summed E-state index contributed by atoms with van der Waals surface area (Å²) >= 11 is 0. The maximum atomic E-state index is 14.2. The van der Waals surface area contributed by atoms with Crippen LogP contribution < -0.4 is 10.5 Å². The predicted octanol–water partition coefficient (Wildman–Crippen LogP) is 5.03. The van der Waals surface area contributed by atoms with Gasteiger partial charge in [-0.15, -0.1) is 0 Å². The number of aromatic amines is 1. The smallest absolute Gasteiger partial charge is 0.231 e. The van der Waals surface area contributed by atoms with Gasteiger partial charge in [0.25, 0.3) is 0 Å². The summed E-state index contributed by atoms with van der Waals surface area (Å²) in [7, 11) is -1.94. The van der Waals surface area contributed by atoms with Crippen molar-refractivity contribution in [2.45, 2.75) is 18.8 Å². The van der Waals surface area contributed by atoms with Crippen LogP contribution in [0.15, 0.2) is 72.8 Å². The fourth-order valence-electron chi connectivity index (χ4n) is 5.54. The topological polar surface area (TPSA) is 149 Å². The molecule has 0 saturated carbocycles. The second kappa shape index (κ2) is 11.2. The van der Waals surface area contributed by atoms with Gasteiger partial charge < -0.3 is 10.7 Å². The number of hydrogen-bond acceptors (Lipinski definition) is 6. The quantitative estimate of drug-likeness (QED) is 0.208. The van der Waals surface area contributed by atoms with E-state index in [0.717, 1.165) is 17.9 Å². The van der Waals surface area contributed by atoms with E-state index < -0.39 is 33.5 Å². The van der Waals surface area contributed by atoms with Crippen LogP contribution in [-0.4, -0.2) is 45.3 Å². The molecule has 1 amide bonds. The standard InChI is InChI=1S/C31H27F2N7O3S/c1-40-28-22(9-6-10-23(28)30(38-40)39-44(2,42)43)24-16-25-31(37-29(35-25)18-7-4-3-5-8-18)36-27(24)19(14-26(34)41)11-17-12-20(32)15-21(33)13-17/h3-10,12-13,15-16,19H,11,14H2,1-2H3,(H2,34,41)(H,38,39)(H,35,36,37)/t19-/m0/s1. The van der Waals surface area contributed by atoms with Crippen molar-refractivity contribution in [2.24, 2.45) is 12.8 Å². The molecule has 0 fully saturated rings. The number of rotatable bonds is 9. The second-order valence-electron chi connectivity index (χ2n) is 10.6. The Labute approximate surface area is 251 Å². The molecule has 0 spiro atoms. The lowest BCUT2D eigenvalue weighted by atomic mass is 9.87. The van der Waals surface area contributed by atoms with Gasteiger partial charge in [0.05, 0.1) is 23.0 Å². The third kappa shape index (κ3) is 5.86. The lowest BCUT2D eigenvalue weighted by Crippen LogP contribution is -2.18. The number of H-pyrrole nitrogens is 1. The first-order valence-electron chi connectivity index (χ1n) is 13.6. The van der Waals surface area contributed by atoms with Crippen molar-refractivity contribution in [1.82, 2.24) is 24.7 Å². The number of imidazole rings is 1. The summed E-state index contributed by atoms with van der Waals surface area (Å²) in [5, 5.41) is 4.94. The Balaban J connectivity index is 1.61. The highest BCUT2D eigenvalue weighted by molar-refractivity contribution is 7.92. The fraction of sp³-hybridized carbons (Fsp3) is 0.161. The maximum absolute atomic E-state index is 14.2. The molecule has 10 nitrogen and oxygen atoms in total. The molecule has 3 aromatic heterocycles. The Hall–Kier alpha value is -5.17. The Morgan fingerprint density at radius 1 is 1.00 bits per heavy atom. The Morgan fingerprint density at radius 2 is 1.73 bits per heavy atom. The molecule has 0 saturated heterocycles. The van der Waals surface area contributed by atoms with Gasteiger partial charge in [-0.25, -0.2) is 27.2 Å². The average Bonchev–Trinajstić information content (AvgIpc) is 3.51. The van der Waals surface area contributed by atoms with E-state index in [2.05, 4.69) is 14.8 Å². The Morgan fingerprint density at radius 3 is 2.41 bits per heavy atom. The number of para-hydroxylation sites is 1. The number of benzene rings is 3. The van der Waals surface area contributed by atoms with Crippen LogP contribution in [0.25, 0.3) is 44.6 Å². The minimum absolute atomic E-state index is 0.0569. The number of halogens is 2. The normalized spacial score (nSPS) is 12.5. The van der Waals surface area contributed by atoms with E-state index in [4.69, 9.17) is 15.7 Å². The number of fused-ring (bicyclic) bond motifs is 2. The lowest BCUT2D eigenvalue weighted by Gasteiger charge is -2.20. The summed E-state index contributed by atoms with van der Waals surface area (Å²) < 4.78 is 56.5. The number of sulfonamides is 1. The van der Waals surface area contributed by atoms with Crippen LogP contribution in [0.3, 0.4) is 0 Å². The first-order valence-corrected chi connectivity index (χ1v) is 15.5. The number of aromatic nitrogens is 5. The van der Waals surface area contributed by atoms with Gasteiger partial charge in [-0.1, -0.05) is 42.5 Å². The van der Waals surface area contributed by atoms with Gasteiger partial charge in [0, 0.05) is 47.5 Å². The van der Waals surface area contributed by atoms with Crippen LogP contribution in [0.5, 0.6) is 0 Å². The van der Waals surface area contributed by atoms with Crippen molar-refractivity contribution in [1.29, 1.82) is 0 Å². The summed E-state index contributed by atoms with van der Waals surface area (Å²) in [5.74, 6) is -2.07. The van der Waals surface area contributed by atoms with E-state index in [9.17, 15) is 22.0 Å². The Kier molecular flexibility index (Phi) is 7.33. The van der Waals surface area contributed by atoms with Gasteiger partial charge in [-0.05, 0) is 36.2 Å². The molecule has 3 aromatic carbocycles. The number of nitrogens with one attached hydrogen (secondary N) is 2. The van der Waals surface area contributed by atoms with Crippen molar-refractivity contribution in [3.8, 4) is 22.5 Å². The van der Waals surface area contributed by atoms with E-state index in [1.165, 1.54) is 12.1 Å². The van der Waals surface area contributed by atoms with Gasteiger partial charge in [-0.3, -0.25) is 14.2 Å². The van der Waals surface area contributed by atoms with Crippen LogP contribution >= 0.6 is 0 Å². The highest BCUT2D eigenvalue weighted by Gasteiger charge is 2.26. The predicted molar refractivity (Wildman–Crippen MR) is 164 cm³/mol. The molecule has 0 unspecified atom stereocenters. The number of anilines is 1. The molecule has 13 heteroatoms. The van der Waals surface area contributed by atoms with E-state index in [0.29, 0.717) is 50.3 Å². The SMILES string of the molecule is Cn1nc(NS(C)(=O)=O)c2cccc(-c3cc4[nH]c(-c5ccccc5)nc4nc3[C@H](CC(N)=O)Cc3cc(F)cc(F)c3)c21. The van der Waals surface area contributed by atoms with E-state index in [1.54, 1.807) is 23.9 Å². The largest absolute Gasteiger partial charge is 0.370 e. The van der Waals surface area contributed by atoms with E-state index in [1.807, 2.05) is 42.5 Å². The summed E-state index contributed by atoms with van der Waals surface area (Å²) in [4.78, 5) is 25.3.